The standard InChI is InChI=1S/C39H55N3O6S/c1-34(2)14-16-39(32(45)42-18-20-47-21-19-42)17-15-37(6)24(25(39)23-34)8-9-28-36(5)12-11-29(35(3,4)27(36)10-13-38(28,37)7)41-48-30(43)22-26-31(44)40-33(46)49-26/h8,22,25,27-28H,9-21,23H2,1-7H3,(H,40,44,46)/b26-22-,41-29-/t25-,27+,28-,36+,37-,38-,39+/m1/s1. The molecule has 9 nitrogen and oxygen atoms in total. The van der Waals surface area contributed by atoms with Gasteiger partial charge in [-0.1, -0.05) is 65.3 Å². The number of morpholine rings is 1. The first-order valence-corrected chi connectivity index (χ1v) is 19.4. The van der Waals surface area contributed by atoms with E-state index in [1.165, 1.54) is 0 Å². The minimum Gasteiger partial charge on any atom is -0.378 e. The van der Waals surface area contributed by atoms with Crippen LogP contribution >= 0.6 is 11.8 Å². The van der Waals surface area contributed by atoms with Gasteiger partial charge in [-0.15, -0.1) is 0 Å². The number of fused-ring (bicyclic) bond motifs is 7. The Hall–Kier alpha value is -2.46. The summed E-state index contributed by atoms with van der Waals surface area (Å²) >= 11 is 0.693. The Morgan fingerprint density at radius 3 is 2.39 bits per heavy atom. The van der Waals surface area contributed by atoms with Gasteiger partial charge in [0, 0.05) is 24.6 Å². The Morgan fingerprint density at radius 2 is 1.69 bits per heavy atom. The molecule has 49 heavy (non-hydrogen) atoms. The first-order valence-electron chi connectivity index (χ1n) is 18.6. The van der Waals surface area contributed by atoms with Gasteiger partial charge in [0.2, 0.25) is 5.91 Å². The van der Waals surface area contributed by atoms with Crippen LogP contribution in [0.2, 0.25) is 0 Å². The van der Waals surface area contributed by atoms with Crippen LogP contribution in [-0.4, -0.2) is 59.9 Å². The van der Waals surface area contributed by atoms with Crippen molar-refractivity contribution in [2.24, 2.45) is 55.4 Å². The highest BCUT2D eigenvalue weighted by Crippen LogP contribution is 2.75. The lowest BCUT2D eigenvalue weighted by molar-refractivity contribution is -0.177. The second-order valence-corrected chi connectivity index (χ2v) is 19.3. The molecule has 0 unspecified atom stereocenters. The number of carbonyl (C=O) groups is 4. The summed E-state index contributed by atoms with van der Waals surface area (Å²) in [4.78, 5) is 58.1. The molecule has 4 saturated carbocycles. The molecule has 0 aromatic rings. The van der Waals surface area contributed by atoms with E-state index in [9.17, 15) is 19.2 Å². The van der Waals surface area contributed by atoms with Crippen LogP contribution in [0.25, 0.3) is 0 Å². The second kappa shape index (κ2) is 11.8. The zero-order valence-electron chi connectivity index (χ0n) is 30.5. The van der Waals surface area contributed by atoms with Crippen molar-refractivity contribution >= 4 is 40.5 Å². The Labute approximate surface area is 295 Å². The van der Waals surface area contributed by atoms with Crippen molar-refractivity contribution in [1.82, 2.24) is 10.2 Å². The minimum atomic E-state index is -0.746. The number of oxime groups is 1. The molecule has 7 atom stereocenters. The average Bonchev–Trinajstić information content (AvgIpc) is 3.36. The molecule has 10 heteroatoms. The van der Waals surface area contributed by atoms with Gasteiger partial charge in [0.1, 0.15) is 0 Å². The largest absolute Gasteiger partial charge is 0.378 e. The van der Waals surface area contributed by atoms with Gasteiger partial charge in [0.05, 0.1) is 29.2 Å². The lowest BCUT2D eigenvalue weighted by Crippen LogP contribution is -2.65. The van der Waals surface area contributed by atoms with Crippen molar-refractivity contribution in [1.29, 1.82) is 0 Å². The van der Waals surface area contributed by atoms with E-state index in [1.807, 2.05) is 0 Å². The highest BCUT2D eigenvalue weighted by Gasteiger charge is 2.69. The Morgan fingerprint density at radius 1 is 0.980 bits per heavy atom. The molecule has 0 aromatic carbocycles. The molecular formula is C39H55N3O6S. The molecule has 7 rings (SSSR count). The predicted molar refractivity (Wildman–Crippen MR) is 189 cm³/mol. The van der Waals surface area contributed by atoms with Crippen molar-refractivity contribution < 1.29 is 28.8 Å². The van der Waals surface area contributed by atoms with Crippen molar-refractivity contribution in [2.45, 2.75) is 113 Å². The van der Waals surface area contributed by atoms with Gasteiger partial charge in [-0.3, -0.25) is 19.7 Å². The van der Waals surface area contributed by atoms with E-state index in [1.54, 1.807) is 5.57 Å². The second-order valence-electron chi connectivity index (χ2n) is 18.3. The summed E-state index contributed by atoms with van der Waals surface area (Å²) in [5.41, 5.74) is 2.33. The summed E-state index contributed by atoms with van der Waals surface area (Å²) in [5, 5.41) is 6.07. The summed E-state index contributed by atoms with van der Waals surface area (Å²) in [5.74, 6) is 0.204. The fourth-order valence-corrected chi connectivity index (χ4v) is 13.0. The molecule has 0 radical (unpaired) electrons. The van der Waals surface area contributed by atoms with E-state index in [4.69, 9.17) is 9.57 Å². The number of allylic oxidation sites excluding steroid dienone is 2. The van der Waals surface area contributed by atoms with Crippen LogP contribution < -0.4 is 5.32 Å². The molecule has 5 aliphatic carbocycles. The predicted octanol–water partition coefficient (Wildman–Crippen LogP) is 7.41. The topological polar surface area (TPSA) is 114 Å². The highest BCUT2D eigenvalue weighted by atomic mass is 32.2. The number of rotatable bonds is 3. The van der Waals surface area contributed by atoms with Gasteiger partial charge >= 0.3 is 5.97 Å². The Kier molecular flexibility index (Phi) is 8.41. The van der Waals surface area contributed by atoms with Crippen molar-refractivity contribution in [2.75, 3.05) is 26.3 Å². The number of amides is 3. The van der Waals surface area contributed by atoms with Crippen LogP contribution in [-0.2, 0) is 24.0 Å². The van der Waals surface area contributed by atoms with E-state index < -0.39 is 17.1 Å². The number of thioether (sulfide) groups is 1. The van der Waals surface area contributed by atoms with Crippen LogP contribution in [0, 0.1) is 50.2 Å². The maximum Gasteiger partial charge on any atom is 0.359 e. The SMILES string of the molecule is CC1(C)CC[C@]2(C(=O)N3CCOCC3)CC[C@]3(C)C(=CC[C@@H]4[C@@]5(C)CC/C(=N/OC(=O)/C=C6\SC(=O)NC6=O)C(C)(C)[C@@H]5CC[C@]43C)[C@H]2C1. The van der Waals surface area contributed by atoms with Gasteiger partial charge in [-0.05, 0) is 115 Å². The van der Waals surface area contributed by atoms with Gasteiger partial charge in [0.15, 0.2) is 0 Å². The monoisotopic (exact) mass is 693 g/mol. The molecule has 0 bridgehead atoms. The van der Waals surface area contributed by atoms with E-state index >= 15 is 0 Å². The third kappa shape index (κ3) is 5.31. The Balaban J connectivity index is 1.17. The molecule has 0 aromatic heterocycles. The lowest BCUT2D eigenvalue weighted by atomic mass is 9.33. The first kappa shape index (κ1) is 35.0. The maximum atomic E-state index is 14.6. The normalized spacial score (nSPS) is 42.7. The number of nitrogens with one attached hydrogen (secondary N) is 1. The van der Waals surface area contributed by atoms with Gasteiger partial charge in [-0.25, -0.2) is 4.79 Å². The summed E-state index contributed by atoms with van der Waals surface area (Å²) < 4.78 is 5.65. The Bertz CT molecular complexity index is 1560. The van der Waals surface area contributed by atoms with Gasteiger partial charge in [-0.2, -0.15) is 0 Å². The van der Waals surface area contributed by atoms with E-state index in [-0.39, 0.29) is 43.3 Å². The molecule has 6 fully saturated rings. The summed E-state index contributed by atoms with van der Waals surface area (Å²) in [6, 6.07) is 0. The molecular weight excluding hydrogens is 639 g/mol. The summed E-state index contributed by atoms with van der Waals surface area (Å²) in [7, 11) is 0. The average molecular weight is 694 g/mol. The lowest BCUT2D eigenvalue weighted by Gasteiger charge is -2.71. The van der Waals surface area contributed by atoms with Crippen LogP contribution in [0.15, 0.2) is 27.8 Å². The molecule has 0 spiro atoms. The van der Waals surface area contributed by atoms with Crippen molar-refractivity contribution in [3.63, 3.8) is 0 Å². The fourth-order valence-electron chi connectivity index (χ4n) is 12.3. The maximum absolute atomic E-state index is 14.6. The summed E-state index contributed by atoms with van der Waals surface area (Å²) in [6.45, 7) is 19.7. The molecule has 7 aliphatic rings. The fraction of sp³-hybridized carbons (Fsp3) is 0.769. The third-order valence-electron chi connectivity index (χ3n) is 15.3. The van der Waals surface area contributed by atoms with Gasteiger partial charge in [0.25, 0.3) is 11.1 Å². The number of nitrogens with zero attached hydrogens (tertiary/aromatic N) is 2. The van der Waals surface area contributed by atoms with E-state index in [0.29, 0.717) is 55.8 Å². The molecule has 1 N–H and O–H groups in total. The van der Waals surface area contributed by atoms with Crippen LogP contribution in [0.4, 0.5) is 4.79 Å². The van der Waals surface area contributed by atoms with Crippen molar-refractivity contribution in [3.8, 4) is 0 Å². The molecule has 268 valence electrons. The van der Waals surface area contributed by atoms with Crippen molar-refractivity contribution in [3.05, 3.63) is 22.6 Å². The number of carbonyl (C=O) groups excluding carboxylic acids is 4. The number of hydrogen-bond acceptors (Lipinski definition) is 8. The van der Waals surface area contributed by atoms with Gasteiger partial charge < -0.3 is 14.5 Å². The van der Waals surface area contributed by atoms with E-state index in [0.717, 1.165) is 76.0 Å². The highest BCUT2D eigenvalue weighted by molar-refractivity contribution is 8.18. The number of hydrogen-bond donors (Lipinski definition) is 1. The van der Waals surface area contributed by atoms with Crippen LogP contribution in [0.3, 0.4) is 0 Å². The first-order chi connectivity index (χ1) is 23.0. The molecule has 2 aliphatic heterocycles. The quantitative estimate of drug-likeness (QED) is 0.142. The molecule has 2 heterocycles. The number of imide groups is 1. The van der Waals surface area contributed by atoms with E-state index in [2.05, 4.69) is 69.9 Å². The van der Waals surface area contributed by atoms with Crippen LogP contribution in [0.5, 0.6) is 0 Å². The molecule has 3 amide bonds. The molecule has 2 saturated heterocycles. The third-order valence-corrected chi connectivity index (χ3v) is 16.1. The zero-order valence-corrected chi connectivity index (χ0v) is 31.4. The summed E-state index contributed by atoms with van der Waals surface area (Å²) in [6.07, 6.45) is 13.8. The van der Waals surface area contributed by atoms with Crippen LogP contribution in [0.1, 0.15) is 113 Å². The zero-order chi connectivity index (χ0) is 35.2. The smallest absolute Gasteiger partial charge is 0.359 e. The minimum absolute atomic E-state index is 0.0256. The number of ether oxygens (including phenoxy) is 1.